The van der Waals surface area contributed by atoms with Crippen molar-refractivity contribution in [3.8, 4) is 0 Å². The van der Waals surface area contributed by atoms with Crippen molar-refractivity contribution in [2.75, 3.05) is 27.1 Å². The summed E-state index contributed by atoms with van der Waals surface area (Å²) in [5.74, 6) is -0.310. The summed E-state index contributed by atoms with van der Waals surface area (Å²) in [5.41, 5.74) is 2.07. The van der Waals surface area contributed by atoms with Crippen LogP contribution in [0.25, 0.3) is 0 Å². The summed E-state index contributed by atoms with van der Waals surface area (Å²) in [6.45, 7) is 1.92. The highest BCUT2D eigenvalue weighted by Gasteiger charge is 2.18. The number of aryl methyl sites for hydroxylation is 1. The molecule has 186 valence electrons. The summed E-state index contributed by atoms with van der Waals surface area (Å²) in [6.07, 6.45) is 1.52. The number of hydrogen-bond acceptors (Lipinski definition) is 5. The molecule has 3 rings (SSSR count). The summed E-state index contributed by atoms with van der Waals surface area (Å²) in [5, 5.41) is 3.11. The van der Waals surface area contributed by atoms with Crippen LogP contribution >= 0.6 is 11.6 Å². The fourth-order valence-corrected chi connectivity index (χ4v) is 5.57. The highest BCUT2D eigenvalue weighted by Crippen LogP contribution is 2.24. The molecule has 0 aromatic heterocycles. The lowest BCUT2D eigenvalue weighted by atomic mass is 10.2. The lowest BCUT2D eigenvalue weighted by Crippen LogP contribution is -2.31. The second kappa shape index (κ2) is 11.1. The number of hydrogen-bond donors (Lipinski definition) is 2. The van der Waals surface area contributed by atoms with E-state index in [1.807, 2.05) is 0 Å². The molecule has 0 atom stereocenters. The molecule has 0 radical (unpaired) electrons. The molecule has 0 fully saturated rings. The highest BCUT2D eigenvalue weighted by atomic mass is 35.5. The molecular formula is C24H26ClN3O5S2. The molecule has 0 saturated carbocycles. The lowest BCUT2D eigenvalue weighted by molar-refractivity contribution is -0.116. The van der Waals surface area contributed by atoms with Gasteiger partial charge in [-0.2, -0.15) is 0 Å². The summed E-state index contributed by atoms with van der Waals surface area (Å²) < 4.78 is 53.4. The molecule has 0 aliphatic rings. The first-order valence-corrected chi connectivity index (χ1v) is 14.4. The number of benzene rings is 3. The maximum atomic E-state index is 12.7. The quantitative estimate of drug-likeness (QED) is 0.393. The molecule has 0 heterocycles. The van der Waals surface area contributed by atoms with Crippen molar-refractivity contribution in [3.63, 3.8) is 0 Å². The van der Waals surface area contributed by atoms with Gasteiger partial charge >= 0.3 is 0 Å². The molecule has 8 nitrogen and oxygen atoms in total. The highest BCUT2D eigenvalue weighted by molar-refractivity contribution is 7.92. The van der Waals surface area contributed by atoms with Crippen molar-refractivity contribution >= 4 is 54.6 Å². The Morgan fingerprint density at radius 3 is 2.23 bits per heavy atom. The zero-order valence-corrected chi connectivity index (χ0v) is 21.6. The van der Waals surface area contributed by atoms with Gasteiger partial charge in [-0.1, -0.05) is 35.9 Å². The minimum absolute atomic E-state index is 0.0292. The third-order valence-electron chi connectivity index (χ3n) is 5.10. The predicted molar refractivity (Wildman–Crippen MR) is 140 cm³/mol. The van der Waals surface area contributed by atoms with Gasteiger partial charge in [0.1, 0.15) is 0 Å². The van der Waals surface area contributed by atoms with Crippen molar-refractivity contribution in [1.82, 2.24) is 0 Å². The van der Waals surface area contributed by atoms with Crippen molar-refractivity contribution in [3.05, 3.63) is 83.4 Å². The smallest absolute Gasteiger partial charge is 0.261 e. The number of nitrogens with zero attached hydrogens (tertiary/aromatic N) is 1. The van der Waals surface area contributed by atoms with Crippen LogP contribution in [0.5, 0.6) is 0 Å². The largest absolute Gasteiger partial charge is 0.326 e. The van der Waals surface area contributed by atoms with Gasteiger partial charge in [-0.25, -0.2) is 16.8 Å². The van der Waals surface area contributed by atoms with Gasteiger partial charge in [0.25, 0.3) is 10.0 Å². The Bertz CT molecular complexity index is 1390. The van der Waals surface area contributed by atoms with Gasteiger partial charge in [0.05, 0.1) is 22.5 Å². The van der Waals surface area contributed by atoms with Crippen molar-refractivity contribution in [1.29, 1.82) is 0 Å². The fraction of sp³-hybridized carbons (Fsp3) is 0.208. The van der Waals surface area contributed by atoms with Gasteiger partial charge in [-0.05, 0) is 67.4 Å². The van der Waals surface area contributed by atoms with Crippen LogP contribution in [0.1, 0.15) is 18.4 Å². The Balaban J connectivity index is 1.58. The van der Waals surface area contributed by atoms with E-state index in [0.29, 0.717) is 28.5 Å². The van der Waals surface area contributed by atoms with Crippen LogP contribution in [-0.2, 0) is 24.8 Å². The summed E-state index contributed by atoms with van der Waals surface area (Å²) >= 11 is 5.96. The fourth-order valence-electron chi connectivity index (χ4n) is 3.31. The van der Waals surface area contributed by atoms with Crippen LogP contribution in [0.3, 0.4) is 0 Å². The minimum atomic E-state index is -3.85. The van der Waals surface area contributed by atoms with E-state index >= 15 is 0 Å². The van der Waals surface area contributed by atoms with Crippen molar-refractivity contribution in [2.24, 2.45) is 0 Å². The first kappa shape index (κ1) is 26.5. The number of carbonyl (C=O) groups is 1. The Morgan fingerprint density at radius 1 is 0.943 bits per heavy atom. The number of rotatable bonds is 10. The summed E-state index contributed by atoms with van der Waals surface area (Å²) in [7, 11) is -7.34. The molecule has 0 aliphatic heterocycles. The number of carbonyl (C=O) groups excluding carboxylic acids is 1. The Labute approximate surface area is 211 Å². The van der Waals surface area contributed by atoms with Crippen LogP contribution in [0.4, 0.5) is 17.1 Å². The Hall–Kier alpha value is -3.08. The molecule has 0 aliphatic carbocycles. The van der Waals surface area contributed by atoms with E-state index in [9.17, 15) is 21.6 Å². The number of nitrogens with one attached hydrogen (secondary N) is 2. The molecule has 0 bridgehead atoms. The molecule has 3 aromatic carbocycles. The van der Waals surface area contributed by atoms with E-state index in [1.165, 1.54) is 34.6 Å². The molecule has 0 spiro atoms. The van der Waals surface area contributed by atoms with E-state index < -0.39 is 20.0 Å². The number of para-hydroxylation sites is 1. The third-order valence-corrected chi connectivity index (χ3v) is 7.91. The SMILES string of the molecule is Cc1ccc(Cl)cc1NS(=O)(=O)c1ccc(NC(=O)CCCN(c2ccccc2)S(C)(=O)=O)cc1. The molecule has 1 amide bonds. The Kier molecular flexibility index (Phi) is 8.42. The monoisotopic (exact) mass is 535 g/mol. The topological polar surface area (TPSA) is 113 Å². The van der Waals surface area contributed by atoms with E-state index in [4.69, 9.17) is 11.6 Å². The maximum absolute atomic E-state index is 12.7. The lowest BCUT2D eigenvalue weighted by Gasteiger charge is -2.22. The zero-order valence-electron chi connectivity index (χ0n) is 19.2. The van der Waals surface area contributed by atoms with E-state index in [1.54, 1.807) is 49.4 Å². The first-order valence-electron chi connectivity index (χ1n) is 10.7. The zero-order chi connectivity index (χ0) is 25.6. The molecule has 11 heteroatoms. The second-order valence-corrected chi connectivity index (χ2v) is 11.9. The molecule has 3 aromatic rings. The molecule has 0 unspecified atom stereocenters. The van der Waals surface area contributed by atoms with Crippen LogP contribution in [0.15, 0.2) is 77.7 Å². The van der Waals surface area contributed by atoms with Crippen LogP contribution in [0, 0.1) is 6.92 Å². The molecule has 35 heavy (non-hydrogen) atoms. The van der Waals surface area contributed by atoms with Gasteiger partial charge in [0, 0.05) is 23.7 Å². The van der Waals surface area contributed by atoms with Gasteiger partial charge in [0.2, 0.25) is 15.9 Å². The molecule has 0 saturated heterocycles. The standard InChI is InChI=1S/C24H26ClN3O5S2/c1-18-10-11-19(25)17-23(18)27-35(32,33)22-14-12-20(13-15-22)26-24(29)9-6-16-28(34(2,30)31)21-7-4-3-5-8-21/h3-5,7-8,10-15,17,27H,6,9,16H2,1-2H3,(H,26,29). The minimum Gasteiger partial charge on any atom is -0.326 e. The number of amides is 1. The average molecular weight is 536 g/mol. The summed E-state index contributed by atoms with van der Waals surface area (Å²) in [6, 6.07) is 19.4. The Morgan fingerprint density at radius 2 is 1.60 bits per heavy atom. The number of sulfonamides is 2. The summed E-state index contributed by atoms with van der Waals surface area (Å²) in [4.78, 5) is 12.4. The van der Waals surface area contributed by atoms with Gasteiger partial charge in [-0.3, -0.25) is 13.8 Å². The van der Waals surface area contributed by atoms with Crippen LogP contribution in [-0.4, -0.2) is 35.5 Å². The van der Waals surface area contributed by atoms with Crippen molar-refractivity contribution in [2.45, 2.75) is 24.7 Å². The third kappa shape index (κ3) is 7.45. The molecule has 2 N–H and O–H groups in total. The van der Waals surface area contributed by atoms with Crippen LogP contribution < -0.4 is 14.3 Å². The van der Waals surface area contributed by atoms with Crippen molar-refractivity contribution < 1.29 is 21.6 Å². The number of anilines is 3. The first-order chi connectivity index (χ1) is 16.5. The van der Waals surface area contributed by atoms with E-state index in [0.717, 1.165) is 11.8 Å². The van der Waals surface area contributed by atoms with Gasteiger partial charge in [-0.15, -0.1) is 0 Å². The normalized spacial score (nSPS) is 11.6. The number of halogens is 1. The van der Waals surface area contributed by atoms with E-state index in [2.05, 4.69) is 10.0 Å². The van der Waals surface area contributed by atoms with Gasteiger partial charge in [0.15, 0.2) is 0 Å². The average Bonchev–Trinajstić information content (AvgIpc) is 2.79. The van der Waals surface area contributed by atoms with E-state index in [-0.39, 0.29) is 23.8 Å². The maximum Gasteiger partial charge on any atom is 0.261 e. The van der Waals surface area contributed by atoms with Crippen LogP contribution in [0.2, 0.25) is 5.02 Å². The second-order valence-electron chi connectivity index (χ2n) is 7.91. The van der Waals surface area contributed by atoms with Gasteiger partial charge < -0.3 is 5.32 Å². The predicted octanol–water partition coefficient (Wildman–Crippen LogP) is 4.63. The molecular weight excluding hydrogens is 510 g/mol.